The molecule has 0 spiro atoms. The molecule has 0 aliphatic carbocycles. The first-order valence-corrected chi connectivity index (χ1v) is 6.46. The van der Waals surface area contributed by atoms with Crippen LogP contribution in [0.5, 0.6) is 11.5 Å². The van der Waals surface area contributed by atoms with Crippen LogP contribution < -0.4 is 9.47 Å². The van der Waals surface area contributed by atoms with E-state index in [1.54, 1.807) is 18.2 Å². The van der Waals surface area contributed by atoms with Gasteiger partial charge in [0.05, 0.1) is 14.2 Å². The minimum absolute atomic E-state index is 0.176. The molecule has 0 fully saturated rings. The molecule has 0 amide bonds. The van der Waals surface area contributed by atoms with Crippen molar-refractivity contribution in [1.29, 1.82) is 0 Å². The summed E-state index contributed by atoms with van der Waals surface area (Å²) in [5, 5.41) is 0. The van der Waals surface area contributed by atoms with Crippen LogP contribution in [-0.2, 0) is 4.74 Å². The molecular formula is C16H13F3O4. The van der Waals surface area contributed by atoms with E-state index in [9.17, 15) is 18.0 Å². The lowest BCUT2D eigenvalue weighted by molar-refractivity contribution is -0.274. The molecule has 7 heteroatoms. The number of benzene rings is 2. The van der Waals surface area contributed by atoms with Gasteiger partial charge in [0.2, 0.25) is 0 Å². The minimum atomic E-state index is -4.77. The summed E-state index contributed by atoms with van der Waals surface area (Å²) in [6.45, 7) is 0. The van der Waals surface area contributed by atoms with E-state index >= 15 is 0 Å². The van der Waals surface area contributed by atoms with Gasteiger partial charge >= 0.3 is 12.3 Å². The lowest BCUT2D eigenvalue weighted by Gasteiger charge is -2.12. The first-order valence-electron chi connectivity index (χ1n) is 6.46. The fraction of sp³-hybridized carbons (Fsp3) is 0.188. The predicted molar refractivity (Wildman–Crippen MR) is 76.5 cm³/mol. The average Bonchev–Trinajstić information content (AvgIpc) is 2.52. The van der Waals surface area contributed by atoms with E-state index in [2.05, 4.69) is 9.47 Å². The van der Waals surface area contributed by atoms with Gasteiger partial charge in [0.1, 0.15) is 17.1 Å². The Balaban J connectivity index is 2.42. The Labute approximate surface area is 130 Å². The van der Waals surface area contributed by atoms with Gasteiger partial charge in [0.15, 0.2) is 0 Å². The smallest absolute Gasteiger partial charge is 0.496 e. The number of rotatable bonds is 4. The zero-order valence-electron chi connectivity index (χ0n) is 12.3. The van der Waals surface area contributed by atoms with Crippen molar-refractivity contribution in [2.75, 3.05) is 14.2 Å². The second kappa shape index (κ2) is 6.60. The first-order chi connectivity index (χ1) is 10.8. The average molecular weight is 326 g/mol. The first kappa shape index (κ1) is 16.7. The van der Waals surface area contributed by atoms with Crippen molar-refractivity contribution in [3.05, 3.63) is 48.0 Å². The van der Waals surface area contributed by atoms with Crippen molar-refractivity contribution in [3.63, 3.8) is 0 Å². The van der Waals surface area contributed by atoms with Gasteiger partial charge < -0.3 is 14.2 Å². The second-order valence-corrected chi connectivity index (χ2v) is 4.48. The largest absolute Gasteiger partial charge is 0.573 e. The molecule has 2 aromatic carbocycles. The topological polar surface area (TPSA) is 44.8 Å². The Hall–Kier alpha value is -2.70. The number of esters is 1. The van der Waals surface area contributed by atoms with Gasteiger partial charge in [-0.1, -0.05) is 18.2 Å². The van der Waals surface area contributed by atoms with Crippen LogP contribution in [0, 0.1) is 0 Å². The molecule has 0 aromatic heterocycles. The summed E-state index contributed by atoms with van der Waals surface area (Å²) >= 11 is 0. The Morgan fingerprint density at radius 1 is 1.00 bits per heavy atom. The number of carbonyl (C=O) groups is 1. The number of hydrogen-bond donors (Lipinski definition) is 0. The van der Waals surface area contributed by atoms with Crippen LogP contribution in [0.25, 0.3) is 11.1 Å². The number of methoxy groups -OCH3 is 2. The molecule has 23 heavy (non-hydrogen) atoms. The Kier molecular flexibility index (Phi) is 4.78. The molecule has 0 saturated heterocycles. The number of halogens is 3. The van der Waals surface area contributed by atoms with Gasteiger partial charge in [-0.2, -0.15) is 0 Å². The minimum Gasteiger partial charge on any atom is -0.496 e. The summed E-state index contributed by atoms with van der Waals surface area (Å²) < 4.78 is 50.5. The Morgan fingerprint density at radius 2 is 1.70 bits per heavy atom. The summed E-state index contributed by atoms with van der Waals surface area (Å²) in [6, 6.07) is 10.1. The monoisotopic (exact) mass is 326 g/mol. The number of alkyl halides is 3. The highest BCUT2D eigenvalue weighted by molar-refractivity contribution is 5.94. The van der Waals surface area contributed by atoms with Gasteiger partial charge in [-0.25, -0.2) is 4.79 Å². The van der Waals surface area contributed by atoms with Crippen molar-refractivity contribution in [1.82, 2.24) is 0 Å². The van der Waals surface area contributed by atoms with E-state index in [1.807, 2.05) is 0 Å². The van der Waals surface area contributed by atoms with E-state index in [0.29, 0.717) is 16.9 Å². The highest BCUT2D eigenvalue weighted by Crippen LogP contribution is 2.31. The highest BCUT2D eigenvalue weighted by atomic mass is 19.4. The zero-order chi connectivity index (χ0) is 17.0. The molecule has 0 aliphatic rings. The molecule has 0 saturated carbocycles. The highest BCUT2D eigenvalue weighted by Gasteiger charge is 2.31. The van der Waals surface area contributed by atoms with Crippen molar-refractivity contribution >= 4 is 5.97 Å². The van der Waals surface area contributed by atoms with Gasteiger partial charge in [-0.05, 0) is 35.4 Å². The summed E-state index contributed by atoms with van der Waals surface area (Å²) in [7, 11) is 2.63. The number of hydrogen-bond acceptors (Lipinski definition) is 4. The van der Waals surface area contributed by atoms with Crippen LogP contribution in [0.1, 0.15) is 10.4 Å². The third-order valence-corrected chi connectivity index (χ3v) is 3.01. The van der Waals surface area contributed by atoms with Crippen molar-refractivity contribution in [2.45, 2.75) is 6.36 Å². The fourth-order valence-corrected chi connectivity index (χ4v) is 2.03. The van der Waals surface area contributed by atoms with E-state index in [4.69, 9.17) is 4.74 Å². The van der Waals surface area contributed by atoms with Crippen molar-refractivity contribution in [2.24, 2.45) is 0 Å². The molecule has 0 aliphatic heterocycles. The summed E-state index contributed by atoms with van der Waals surface area (Å²) in [4.78, 5) is 11.8. The molecule has 2 aromatic rings. The molecule has 0 bridgehead atoms. The Morgan fingerprint density at radius 3 is 2.30 bits per heavy atom. The maximum Gasteiger partial charge on any atom is 0.573 e. The van der Waals surface area contributed by atoms with Crippen LogP contribution in [0.15, 0.2) is 42.5 Å². The molecule has 2 rings (SSSR count). The lowest BCUT2D eigenvalue weighted by atomic mass is 10.0. The molecule has 4 nitrogen and oxygen atoms in total. The molecular weight excluding hydrogens is 313 g/mol. The third kappa shape index (κ3) is 4.15. The molecule has 0 unspecified atom stereocenters. The summed E-state index contributed by atoms with van der Waals surface area (Å²) in [6.07, 6.45) is -4.77. The van der Waals surface area contributed by atoms with Gasteiger partial charge in [-0.3, -0.25) is 0 Å². The summed E-state index contributed by atoms with van der Waals surface area (Å²) in [5.74, 6) is -0.639. The van der Waals surface area contributed by atoms with Crippen LogP contribution >= 0.6 is 0 Å². The van der Waals surface area contributed by atoms with Crippen LogP contribution in [0.2, 0.25) is 0 Å². The van der Waals surface area contributed by atoms with E-state index < -0.39 is 12.3 Å². The quantitative estimate of drug-likeness (QED) is 0.795. The van der Waals surface area contributed by atoms with Crippen molar-refractivity contribution in [3.8, 4) is 22.6 Å². The van der Waals surface area contributed by atoms with E-state index in [-0.39, 0.29) is 11.3 Å². The number of ether oxygens (including phenoxy) is 3. The maximum atomic E-state index is 12.3. The normalized spacial score (nSPS) is 11.0. The summed E-state index contributed by atoms with van der Waals surface area (Å²) in [5.41, 5.74) is 1.16. The van der Waals surface area contributed by atoms with Crippen LogP contribution in [0.3, 0.4) is 0 Å². The van der Waals surface area contributed by atoms with Gasteiger partial charge in [0.25, 0.3) is 0 Å². The molecule has 0 radical (unpaired) electrons. The Bertz CT molecular complexity index is 711. The third-order valence-electron chi connectivity index (χ3n) is 3.01. The standard InChI is InChI=1S/C16H13F3O4/c1-21-14-7-6-11(9-13(14)15(20)22-2)10-4-3-5-12(8-10)23-16(17,18)19/h3-9H,1-2H3. The maximum absolute atomic E-state index is 12.3. The SMILES string of the molecule is COC(=O)c1cc(-c2cccc(OC(F)(F)F)c2)ccc1OC. The van der Waals surface area contributed by atoms with Crippen LogP contribution in [0.4, 0.5) is 13.2 Å². The van der Waals surface area contributed by atoms with Gasteiger partial charge in [0, 0.05) is 0 Å². The van der Waals surface area contributed by atoms with Crippen molar-refractivity contribution < 1.29 is 32.2 Å². The lowest BCUT2D eigenvalue weighted by Crippen LogP contribution is -2.17. The molecule has 0 heterocycles. The van der Waals surface area contributed by atoms with Gasteiger partial charge in [-0.15, -0.1) is 13.2 Å². The molecule has 0 atom stereocenters. The number of carbonyl (C=O) groups excluding carboxylic acids is 1. The zero-order valence-corrected chi connectivity index (χ0v) is 12.3. The second-order valence-electron chi connectivity index (χ2n) is 4.48. The molecule has 122 valence electrons. The predicted octanol–water partition coefficient (Wildman–Crippen LogP) is 4.05. The van der Waals surface area contributed by atoms with Crippen LogP contribution in [-0.4, -0.2) is 26.6 Å². The fourth-order valence-electron chi connectivity index (χ4n) is 2.03. The van der Waals surface area contributed by atoms with E-state index in [1.165, 1.54) is 38.5 Å². The van der Waals surface area contributed by atoms with E-state index in [0.717, 1.165) is 0 Å². The molecule has 0 N–H and O–H groups in total.